The molecule has 0 spiro atoms. The zero-order chi connectivity index (χ0) is 12.6. The molecular formula is C9H24N4. The van der Waals surface area contributed by atoms with Gasteiger partial charge in [0.2, 0.25) is 0 Å². The summed E-state index contributed by atoms with van der Waals surface area (Å²) in [7, 11) is 5.22. The van der Waals surface area contributed by atoms with E-state index in [1.165, 1.54) is 0 Å². The normalized spacial score (nSPS) is 21.7. The minimum atomic E-state index is -0.381. The van der Waals surface area contributed by atoms with Gasteiger partial charge in [0.05, 0.1) is 0 Å². The Hall–Kier alpha value is -0.160. The van der Waals surface area contributed by atoms with Gasteiger partial charge in [-0.2, -0.15) is 0 Å². The molecular weight excluding hydrogens is 164 g/mol. The molecule has 3 atom stereocenters. The highest BCUT2D eigenvalue weighted by Gasteiger charge is 2.01. The summed E-state index contributed by atoms with van der Waals surface area (Å²) in [6.07, 6.45) is 0. The van der Waals surface area contributed by atoms with Crippen LogP contribution in [0.2, 0.25) is 0 Å². The van der Waals surface area contributed by atoms with E-state index in [0.29, 0.717) is 19.6 Å². The van der Waals surface area contributed by atoms with Crippen LogP contribution in [0.3, 0.4) is 0 Å². The molecule has 0 heterocycles. The minimum Gasteiger partial charge on any atom is -0.318 e. The first-order valence-electron chi connectivity index (χ1n) is 6.27. The summed E-state index contributed by atoms with van der Waals surface area (Å²) >= 11 is 0. The molecule has 0 aliphatic rings. The van der Waals surface area contributed by atoms with Gasteiger partial charge >= 0.3 is 0 Å². The van der Waals surface area contributed by atoms with Crippen molar-refractivity contribution in [3.63, 3.8) is 0 Å². The molecule has 0 saturated heterocycles. The van der Waals surface area contributed by atoms with E-state index in [4.69, 9.17) is 4.11 Å². The van der Waals surface area contributed by atoms with E-state index < -0.39 is 0 Å². The molecule has 13 heavy (non-hydrogen) atoms. The molecule has 3 unspecified atom stereocenters. The first-order chi connectivity index (χ1) is 7.53. The summed E-state index contributed by atoms with van der Waals surface area (Å²) < 4.78 is 22.9. The maximum Gasteiger partial charge on any atom is 0.0441 e. The van der Waals surface area contributed by atoms with Gasteiger partial charge in [-0.15, -0.1) is 0 Å². The molecule has 0 aliphatic carbocycles. The fourth-order valence-electron chi connectivity index (χ4n) is 0.885. The summed E-state index contributed by atoms with van der Waals surface area (Å²) in [5, 5.41) is 8.52. The van der Waals surface area contributed by atoms with Crippen molar-refractivity contribution in [2.75, 3.05) is 60.3 Å². The highest BCUT2D eigenvalue weighted by Crippen LogP contribution is 1.84. The smallest absolute Gasteiger partial charge is 0.0441 e. The topological polar surface area (TPSA) is 39.3 Å². The van der Waals surface area contributed by atoms with Crippen molar-refractivity contribution in [2.24, 2.45) is 0 Å². The first kappa shape index (κ1) is 8.17. The highest BCUT2D eigenvalue weighted by molar-refractivity contribution is 4.61. The Morgan fingerprint density at radius 3 is 1.38 bits per heavy atom. The van der Waals surface area contributed by atoms with Crippen LogP contribution >= 0.6 is 0 Å². The van der Waals surface area contributed by atoms with E-state index in [0.717, 1.165) is 0 Å². The summed E-state index contributed by atoms with van der Waals surface area (Å²) in [5.74, 6) is 0. The van der Waals surface area contributed by atoms with Crippen LogP contribution in [-0.4, -0.2) is 65.2 Å². The molecule has 0 amide bonds. The lowest BCUT2D eigenvalue weighted by atomic mass is 10.4. The van der Waals surface area contributed by atoms with Crippen LogP contribution in [0.25, 0.3) is 0 Å². The van der Waals surface area contributed by atoms with E-state index in [1.807, 2.05) is 4.90 Å². The molecule has 0 fully saturated rings. The Morgan fingerprint density at radius 1 is 0.846 bits per heavy atom. The average Bonchev–Trinajstić information content (AvgIpc) is 2.28. The van der Waals surface area contributed by atoms with Crippen molar-refractivity contribution in [2.45, 2.75) is 0 Å². The maximum absolute atomic E-state index is 7.64. The maximum atomic E-state index is 7.64. The van der Waals surface area contributed by atoms with Crippen molar-refractivity contribution >= 4 is 0 Å². The monoisotopic (exact) mass is 191 g/mol. The third-order valence-electron chi connectivity index (χ3n) is 1.66. The van der Waals surface area contributed by atoms with Crippen molar-refractivity contribution in [3.05, 3.63) is 0 Å². The number of likely N-dealkylation sites (N-methyl/N-ethyl adjacent to an activating group) is 3. The zero-order valence-electron chi connectivity index (χ0n) is 11.8. The average molecular weight is 191 g/mol. The highest BCUT2D eigenvalue weighted by atomic mass is 15.2. The molecule has 0 bridgehead atoms. The van der Waals surface area contributed by atoms with Gasteiger partial charge in [-0.05, 0) is 21.1 Å². The standard InChI is InChI=1S/C9H24N4/c1-10-4-7-13(8-5-11-2)9-6-12-3/h10-12H,4-9H2,1-3H3/i4D,5D,6D. The van der Waals surface area contributed by atoms with Gasteiger partial charge in [0.25, 0.3) is 0 Å². The first-order valence-corrected chi connectivity index (χ1v) is 4.54. The van der Waals surface area contributed by atoms with Crippen LogP contribution in [-0.2, 0) is 0 Å². The van der Waals surface area contributed by atoms with Crippen LogP contribution in [0.1, 0.15) is 4.11 Å². The van der Waals surface area contributed by atoms with Gasteiger partial charge in [-0.25, -0.2) is 0 Å². The second-order valence-electron chi connectivity index (χ2n) is 2.70. The van der Waals surface area contributed by atoms with Crippen LogP contribution in [0.4, 0.5) is 0 Å². The summed E-state index contributed by atoms with van der Waals surface area (Å²) in [5.41, 5.74) is 0. The van der Waals surface area contributed by atoms with E-state index in [1.54, 1.807) is 21.1 Å². The summed E-state index contributed by atoms with van der Waals surface area (Å²) in [6, 6.07) is 0. The number of rotatable bonds is 9. The molecule has 0 radical (unpaired) electrons. The van der Waals surface area contributed by atoms with E-state index >= 15 is 0 Å². The quantitative estimate of drug-likeness (QED) is 0.435. The minimum absolute atomic E-state index is 0.381. The molecule has 0 rings (SSSR count). The SMILES string of the molecule is [2H]C(CN(CC([2H])NC)CC([2H])NC)NC. The number of hydrogen-bond acceptors (Lipinski definition) is 4. The summed E-state index contributed by atoms with van der Waals surface area (Å²) in [4.78, 5) is 1.94. The lowest BCUT2D eigenvalue weighted by Crippen LogP contribution is -2.39. The third-order valence-corrected chi connectivity index (χ3v) is 1.66. The largest absolute Gasteiger partial charge is 0.318 e. The van der Waals surface area contributed by atoms with Gasteiger partial charge in [0.1, 0.15) is 0 Å². The Bertz CT molecular complexity index is 144. The number of nitrogens with one attached hydrogen (secondary N) is 3. The zero-order valence-corrected chi connectivity index (χ0v) is 8.80. The van der Waals surface area contributed by atoms with Crippen molar-refractivity contribution in [1.29, 1.82) is 0 Å². The molecule has 0 aromatic carbocycles. The number of hydrogen-bond donors (Lipinski definition) is 3. The van der Waals surface area contributed by atoms with E-state index in [-0.39, 0.29) is 19.6 Å². The van der Waals surface area contributed by atoms with E-state index in [9.17, 15) is 0 Å². The molecule has 0 aromatic rings. The molecule has 0 saturated carbocycles. The van der Waals surface area contributed by atoms with Crippen LogP contribution in [0, 0.1) is 0 Å². The summed E-state index contributed by atoms with van der Waals surface area (Å²) in [6.45, 7) is 0.411. The fraction of sp³-hybridized carbons (Fsp3) is 1.00. The molecule has 0 aliphatic heterocycles. The number of nitrogens with zero attached hydrogens (tertiary/aromatic N) is 1. The Balaban J connectivity index is 4.15. The molecule has 80 valence electrons. The third kappa shape index (κ3) is 8.18. The lowest BCUT2D eigenvalue weighted by molar-refractivity contribution is 0.279. The lowest BCUT2D eigenvalue weighted by Gasteiger charge is -2.21. The van der Waals surface area contributed by atoms with Gasteiger partial charge in [0, 0.05) is 43.3 Å². The molecule has 4 heteroatoms. The Labute approximate surface area is 86.3 Å². The Kier molecular flexibility index (Phi) is 6.24. The molecule has 4 nitrogen and oxygen atoms in total. The van der Waals surface area contributed by atoms with Crippen molar-refractivity contribution < 1.29 is 4.11 Å². The molecule has 3 N–H and O–H groups in total. The van der Waals surface area contributed by atoms with Gasteiger partial charge in [0.15, 0.2) is 0 Å². The predicted molar refractivity (Wildman–Crippen MR) is 58.2 cm³/mol. The van der Waals surface area contributed by atoms with Crippen LogP contribution in [0.5, 0.6) is 0 Å². The van der Waals surface area contributed by atoms with Crippen molar-refractivity contribution in [1.82, 2.24) is 20.9 Å². The van der Waals surface area contributed by atoms with Crippen LogP contribution < -0.4 is 16.0 Å². The van der Waals surface area contributed by atoms with Gasteiger partial charge in [-0.1, -0.05) is 0 Å². The van der Waals surface area contributed by atoms with E-state index in [2.05, 4.69) is 16.0 Å². The van der Waals surface area contributed by atoms with Gasteiger partial charge < -0.3 is 16.0 Å². The van der Waals surface area contributed by atoms with Gasteiger partial charge in [-0.3, -0.25) is 4.90 Å². The predicted octanol–water partition coefficient (Wildman–Crippen LogP) is -1.05. The molecule has 0 aromatic heterocycles. The van der Waals surface area contributed by atoms with Crippen molar-refractivity contribution in [3.8, 4) is 0 Å². The van der Waals surface area contributed by atoms with Crippen LogP contribution in [0.15, 0.2) is 0 Å². The second-order valence-corrected chi connectivity index (χ2v) is 2.70. The Morgan fingerprint density at radius 2 is 1.15 bits per heavy atom. The fourth-order valence-corrected chi connectivity index (χ4v) is 0.885. The second kappa shape index (κ2) is 9.92.